The van der Waals surface area contributed by atoms with Crippen molar-refractivity contribution in [2.45, 2.75) is 44.6 Å². The zero-order chi connectivity index (χ0) is 14.0. The maximum Gasteiger partial charge on any atom is 0.203 e. The summed E-state index contributed by atoms with van der Waals surface area (Å²) >= 11 is 0. The normalized spacial score (nSPS) is 15.8. The van der Waals surface area contributed by atoms with Gasteiger partial charge in [-0.1, -0.05) is 12.8 Å². The van der Waals surface area contributed by atoms with Crippen LogP contribution < -0.4 is 5.32 Å². The number of unbranched alkanes of at least 4 members (excludes halogenated alkanes) is 1. The van der Waals surface area contributed by atoms with Gasteiger partial charge >= 0.3 is 0 Å². The Kier molecular flexibility index (Phi) is 6.88. The van der Waals surface area contributed by atoms with Gasteiger partial charge in [-0.3, -0.25) is 0 Å². The molecule has 1 heterocycles. The first-order chi connectivity index (χ1) is 9.92. The van der Waals surface area contributed by atoms with Gasteiger partial charge in [-0.05, 0) is 25.7 Å². The van der Waals surface area contributed by atoms with Gasteiger partial charge in [0.2, 0.25) is 5.95 Å². The summed E-state index contributed by atoms with van der Waals surface area (Å²) in [6, 6.07) is 0.650. The van der Waals surface area contributed by atoms with Crippen LogP contribution in [0.4, 0.5) is 5.95 Å². The predicted octanol–water partition coefficient (Wildman–Crippen LogP) is 2.85. The molecule has 0 saturated heterocycles. The van der Waals surface area contributed by atoms with Gasteiger partial charge in [0, 0.05) is 38.7 Å². The summed E-state index contributed by atoms with van der Waals surface area (Å²) in [5, 5.41) is 3.44. The molecule has 1 aromatic heterocycles. The number of imidazole rings is 1. The van der Waals surface area contributed by atoms with Crippen LogP contribution >= 0.6 is 0 Å². The van der Waals surface area contributed by atoms with Gasteiger partial charge in [-0.2, -0.15) is 0 Å². The van der Waals surface area contributed by atoms with Crippen LogP contribution in [-0.2, 0) is 9.47 Å². The fourth-order valence-corrected chi connectivity index (χ4v) is 2.70. The summed E-state index contributed by atoms with van der Waals surface area (Å²) in [7, 11) is 1.69. The van der Waals surface area contributed by atoms with E-state index in [4.69, 9.17) is 9.47 Å². The van der Waals surface area contributed by atoms with Crippen LogP contribution in [0.3, 0.4) is 0 Å². The molecule has 0 spiro atoms. The third-order valence-corrected chi connectivity index (χ3v) is 3.82. The first-order valence-electron chi connectivity index (χ1n) is 7.75. The lowest BCUT2D eigenvalue weighted by Crippen LogP contribution is -2.12. The lowest BCUT2D eigenvalue weighted by molar-refractivity contribution is 0.0691. The van der Waals surface area contributed by atoms with Crippen LogP contribution in [0.15, 0.2) is 12.4 Å². The van der Waals surface area contributed by atoms with Gasteiger partial charge in [0.1, 0.15) is 0 Å². The summed E-state index contributed by atoms with van der Waals surface area (Å²) in [6.07, 6.45) is 11.4. The van der Waals surface area contributed by atoms with E-state index in [9.17, 15) is 0 Å². The van der Waals surface area contributed by atoms with E-state index in [-0.39, 0.29) is 0 Å². The average molecular weight is 281 g/mol. The van der Waals surface area contributed by atoms with Gasteiger partial charge < -0.3 is 19.4 Å². The van der Waals surface area contributed by atoms with Crippen molar-refractivity contribution in [2.75, 3.05) is 38.8 Å². The highest BCUT2D eigenvalue weighted by Gasteiger charge is 2.18. The third kappa shape index (κ3) is 4.80. The van der Waals surface area contributed by atoms with Gasteiger partial charge in [-0.25, -0.2) is 4.98 Å². The number of rotatable bonds is 10. The van der Waals surface area contributed by atoms with E-state index in [1.54, 1.807) is 7.11 Å². The van der Waals surface area contributed by atoms with Crippen LogP contribution in [0.1, 0.15) is 44.6 Å². The topological polar surface area (TPSA) is 48.3 Å². The smallest absolute Gasteiger partial charge is 0.203 e. The quantitative estimate of drug-likeness (QED) is 0.670. The molecule has 1 aliphatic carbocycles. The van der Waals surface area contributed by atoms with Crippen molar-refractivity contribution < 1.29 is 9.47 Å². The van der Waals surface area contributed by atoms with Crippen molar-refractivity contribution in [3.8, 4) is 0 Å². The molecule has 0 radical (unpaired) electrons. The van der Waals surface area contributed by atoms with E-state index in [2.05, 4.69) is 21.1 Å². The maximum absolute atomic E-state index is 5.44. The third-order valence-electron chi connectivity index (χ3n) is 3.82. The van der Waals surface area contributed by atoms with Crippen molar-refractivity contribution in [1.82, 2.24) is 9.55 Å². The lowest BCUT2D eigenvalue weighted by Gasteiger charge is -2.15. The largest absolute Gasteiger partial charge is 0.382 e. The molecule has 1 N–H and O–H groups in total. The second kappa shape index (κ2) is 8.97. The van der Waals surface area contributed by atoms with Crippen LogP contribution in [0.2, 0.25) is 0 Å². The number of anilines is 1. The predicted molar refractivity (Wildman–Crippen MR) is 80.2 cm³/mol. The first kappa shape index (κ1) is 15.3. The Hall–Kier alpha value is -1.07. The maximum atomic E-state index is 5.44. The lowest BCUT2D eigenvalue weighted by atomic mass is 10.2. The van der Waals surface area contributed by atoms with E-state index < -0.39 is 0 Å². The second-order valence-corrected chi connectivity index (χ2v) is 5.34. The van der Waals surface area contributed by atoms with E-state index in [0.29, 0.717) is 19.3 Å². The van der Waals surface area contributed by atoms with Crippen molar-refractivity contribution in [2.24, 2.45) is 0 Å². The Morgan fingerprint density at radius 3 is 2.90 bits per heavy atom. The minimum absolute atomic E-state index is 0.650. The number of aromatic nitrogens is 2. The van der Waals surface area contributed by atoms with Crippen LogP contribution in [0, 0.1) is 0 Å². The molecule has 20 heavy (non-hydrogen) atoms. The van der Waals surface area contributed by atoms with E-state index in [0.717, 1.165) is 31.9 Å². The first-order valence-corrected chi connectivity index (χ1v) is 7.75. The standard InChI is InChI=1S/C15H27N3O2/c1-19-12-13-20-11-5-4-8-16-15-17-9-10-18(15)14-6-2-3-7-14/h9-10,14H,2-8,11-13H2,1H3,(H,16,17). The fourth-order valence-electron chi connectivity index (χ4n) is 2.70. The molecule has 0 amide bonds. The molecule has 1 aromatic rings. The molecule has 1 aliphatic rings. The number of nitrogens with zero attached hydrogens (tertiary/aromatic N) is 2. The molecule has 0 aromatic carbocycles. The van der Waals surface area contributed by atoms with Gasteiger partial charge in [-0.15, -0.1) is 0 Å². The molecular weight excluding hydrogens is 254 g/mol. The molecule has 5 heteroatoms. The minimum atomic E-state index is 0.650. The molecule has 0 aliphatic heterocycles. The highest BCUT2D eigenvalue weighted by atomic mass is 16.5. The van der Waals surface area contributed by atoms with Gasteiger partial charge in [0.05, 0.1) is 13.2 Å². The molecule has 0 bridgehead atoms. The van der Waals surface area contributed by atoms with Crippen molar-refractivity contribution in [3.05, 3.63) is 12.4 Å². The molecule has 0 unspecified atom stereocenters. The summed E-state index contributed by atoms with van der Waals surface area (Å²) < 4.78 is 12.7. The average Bonchev–Trinajstić information content (AvgIpc) is 3.11. The van der Waals surface area contributed by atoms with E-state index in [1.807, 2.05) is 6.20 Å². The minimum Gasteiger partial charge on any atom is -0.382 e. The Morgan fingerprint density at radius 1 is 1.25 bits per heavy atom. The summed E-state index contributed by atoms with van der Waals surface area (Å²) in [6.45, 7) is 3.13. The summed E-state index contributed by atoms with van der Waals surface area (Å²) in [5.41, 5.74) is 0. The highest BCUT2D eigenvalue weighted by Crippen LogP contribution is 2.31. The number of nitrogens with one attached hydrogen (secondary N) is 1. The van der Waals surface area contributed by atoms with Crippen LogP contribution in [0.25, 0.3) is 0 Å². The number of hydrogen-bond donors (Lipinski definition) is 1. The number of methoxy groups -OCH3 is 1. The Bertz CT molecular complexity index is 362. The zero-order valence-corrected chi connectivity index (χ0v) is 12.5. The molecule has 2 rings (SSSR count). The van der Waals surface area contributed by atoms with Gasteiger partial charge in [0.25, 0.3) is 0 Å². The van der Waals surface area contributed by atoms with Crippen LogP contribution in [0.5, 0.6) is 0 Å². The molecule has 1 saturated carbocycles. The van der Waals surface area contributed by atoms with Crippen molar-refractivity contribution >= 4 is 5.95 Å². The molecular formula is C15H27N3O2. The van der Waals surface area contributed by atoms with E-state index >= 15 is 0 Å². The second-order valence-electron chi connectivity index (χ2n) is 5.34. The molecule has 1 fully saturated rings. The Labute approximate surface area is 121 Å². The van der Waals surface area contributed by atoms with E-state index in [1.165, 1.54) is 25.7 Å². The summed E-state index contributed by atoms with van der Waals surface area (Å²) in [5.74, 6) is 1.03. The number of hydrogen-bond acceptors (Lipinski definition) is 4. The molecule has 5 nitrogen and oxygen atoms in total. The van der Waals surface area contributed by atoms with Crippen molar-refractivity contribution in [1.29, 1.82) is 0 Å². The SMILES string of the molecule is COCCOCCCCNc1nccn1C1CCCC1. The fraction of sp³-hybridized carbons (Fsp3) is 0.800. The van der Waals surface area contributed by atoms with Crippen LogP contribution in [-0.4, -0.2) is 43.0 Å². The van der Waals surface area contributed by atoms with Gasteiger partial charge in [0.15, 0.2) is 0 Å². The molecule has 114 valence electrons. The zero-order valence-electron chi connectivity index (χ0n) is 12.5. The molecule has 0 atom stereocenters. The Balaban J connectivity index is 1.59. The van der Waals surface area contributed by atoms with Crippen molar-refractivity contribution in [3.63, 3.8) is 0 Å². The monoisotopic (exact) mass is 281 g/mol. The number of ether oxygens (including phenoxy) is 2. The highest BCUT2D eigenvalue weighted by molar-refractivity contribution is 5.26. The summed E-state index contributed by atoms with van der Waals surface area (Å²) in [4.78, 5) is 4.42. The Morgan fingerprint density at radius 2 is 2.10 bits per heavy atom.